The number of hydrogen-bond acceptors (Lipinski definition) is 3. The summed E-state index contributed by atoms with van der Waals surface area (Å²) >= 11 is 0. The van der Waals surface area contributed by atoms with E-state index in [1.165, 1.54) is 11.1 Å². The van der Waals surface area contributed by atoms with E-state index in [-0.39, 0.29) is 5.91 Å². The van der Waals surface area contributed by atoms with E-state index in [0.717, 1.165) is 16.8 Å². The van der Waals surface area contributed by atoms with Crippen LogP contribution in [-0.2, 0) is 19.6 Å². The van der Waals surface area contributed by atoms with Crippen LogP contribution in [-0.4, -0.2) is 5.91 Å². The van der Waals surface area contributed by atoms with Crippen molar-refractivity contribution in [2.75, 3.05) is 4.90 Å². The average Bonchev–Trinajstić information content (AvgIpc) is 2.88. The normalized spacial score (nSPS) is 10.4. The lowest BCUT2D eigenvalue weighted by molar-refractivity contribution is 0.0951. The van der Waals surface area contributed by atoms with Crippen LogP contribution in [0.2, 0.25) is 0 Å². The highest BCUT2D eigenvalue weighted by Gasteiger charge is 2.15. The number of rotatable bonds is 8. The first-order valence-corrected chi connectivity index (χ1v) is 11.3. The smallest absolute Gasteiger partial charge is 0.251 e. The van der Waals surface area contributed by atoms with Gasteiger partial charge in [-0.2, -0.15) is 5.26 Å². The third-order valence-corrected chi connectivity index (χ3v) is 5.71. The van der Waals surface area contributed by atoms with Gasteiger partial charge >= 0.3 is 0 Å². The quantitative estimate of drug-likeness (QED) is 0.362. The molecule has 4 aromatic rings. The van der Waals surface area contributed by atoms with Crippen molar-refractivity contribution in [1.82, 2.24) is 5.32 Å². The molecule has 1 amide bonds. The molecule has 0 unspecified atom stereocenters. The number of anilines is 1. The number of carbonyl (C=O) groups is 1. The second kappa shape index (κ2) is 11.0. The largest absolute Gasteiger partial charge is 0.363 e. The molecule has 1 N–H and O–H groups in total. The predicted molar refractivity (Wildman–Crippen MR) is 136 cm³/mol. The summed E-state index contributed by atoms with van der Waals surface area (Å²) in [6.07, 6.45) is 0. The van der Waals surface area contributed by atoms with Gasteiger partial charge in [0.15, 0.2) is 0 Å². The predicted octanol–water partition coefficient (Wildman–Crippen LogP) is 6.00. The molecular formula is C30H27N3O. The zero-order valence-electron chi connectivity index (χ0n) is 19.2. The van der Waals surface area contributed by atoms with Gasteiger partial charge in [-0.15, -0.1) is 0 Å². The zero-order chi connectivity index (χ0) is 23.8. The van der Waals surface area contributed by atoms with Gasteiger partial charge in [0.25, 0.3) is 5.91 Å². The van der Waals surface area contributed by atoms with Gasteiger partial charge in [-0.3, -0.25) is 4.79 Å². The Labute approximate surface area is 201 Å². The van der Waals surface area contributed by atoms with Gasteiger partial charge in [-0.1, -0.05) is 84.4 Å². The molecule has 4 nitrogen and oxygen atoms in total. The summed E-state index contributed by atoms with van der Waals surface area (Å²) in [6.45, 7) is 3.71. The van der Waals surface area contributed by atoms with E-state index in [0.29, 0.717) is 30.8 Å². The van der Waals surface area contributed by atoms with Crippen LogP contribution in [0, 0.1) is 18.3 Å². The van der Waals surface area contributed by atoms with E-state index in [9.17, 15) is 10.1 Å². The van der Waals surface area contributed by atoms with E-state index < -0.39 is 0 Å². The van der Waals surface area contributed by atoms with Crippen molar-refractivity contribution in [2.45, 2.75) is 26.6 Å². The van der Waals surface area contributed by atoms with Crippen LogP contribution in [0.15, 0.2) is 103 Å². The van der Waals surface area contributed by atoms with Gasteiger partial charge in [0.1, 0.15) is 0 Å². The fourth-order valence-electron chi connectivity index (χ4n) is 3.97. The van der Waals surface area contributed by atoms with E-state index in [2.05, 4.69) is 40.6 Å². The lowest BCUT2D eigenvalue weighted by Gasteiger charge is -2.28. The van der Waals surface area contributed by atoms with Crippen molar-refractivity contribution in [2.24, 2.45) is 0 Å². The van der Waals surface area contributed by atoms with Gasteiger partial charge in [0, 0.05) is 30.9 Å². The molecule has 0 aromatic heterocycles. The van der Waals surface area contributed by atoms with Crippen LogP contribution < -0.4 is 10.2 Å². The fraction of sp³-hybridized carbons (Fsp3) is 0.133. The lowest BCUT2D eigenvalue weighted by Crippen LogP contribution is -2.27. The summed E-state index contributed by atoms with van der Waals surface area (Å²) in [5.74, 6) is -0.114. The van der Waals surface area contributed by atoms with Crippen molar-refractivity contribution in [3.63, 3.8) is 0 Å². The molecule has 0 spiro atoms. The molecular weight excluding hydrogens is 418 g/mol. The minimum absolute atomic E-state index is 0.114. The molecule has 168 valence electrons. The van der Waals surface area contributed by atoms with Crippen LogP contribution in [0.4, 0.5) is 5.69 Å². The Hall–Kier alpha value is -4.36. The number of nitrogens with zero attached hydrogens (tertiary/aromatic N) is 2. The van der Waals surface area contributed by atoms with Crippen molar-refractivity contribution in [3.05, 3.63) is 137 Å². The van der Waals surface area contributed by atoms with Crippen LogP contribution >= 0.6 is 0 Å². The van der Waals surface area contributed by atoms with Crippen LogP contribution in [0.3, 0.4) is 0 Å². The molecule has 4 heteroatoms. The second-order valence-electron chi connectivity index (χ2n) is 8.33. The zero-order valence-corrected chi connectivity index (χ0v) is 19.2. The number of hydrogen-bond donors (Lipinski definition) is 1. The van der Waals surface area contributed by atoms with Crippen molar-refractivity contribution < 1.29 is 4.79 Å². The van der Waals surface area contributed by atoms with Gasteiger partial charge in [0.05, 0.1) is 11.6 Å². The van der Waals surface area contributed by atoms with Crippen molar-refractivity contribution in [3.8, 4) is 6.07 Å². The standard InChI is InChI=1S/C30H27N3O/c1-23-9-8-14-27(17-23)30(34)32-20-28-16-15-26(19-31)18-29(28)33(21-24-10-4-2-5-11-24)22-25-12-6-3-7-13-25/h2-18H,20-22H2,1H3,(H,32,34). The Morgan fingerprint density at radius 2 is 1.47 bits per heavy atom. The number of benzene rings is 4. The summed E-state index contributed by atoms with van der Waals surface area (Å²) in [5, 5.41) is 12.6. The van der Waals surface area contributed by atoms with Gasteiger partial charge < -0.3 is 10.2 Å². The number of amides is 1. The summed E-state index contributed by atoms with van der Waals surface area (Å²) in [5.41, 5.74) is 6.54. The molecule has 4 aromatic carbocycles. The van der Waals surface area contributed by atoms with Gasteiger partial charge in [-0.25, -0.2) is 0 Å². The molecule has 0 aliphatic heterocycles. The molecule has 0 aliphatic carbocycles. The maximum atomic E-state index is 12.8. The summed E-state index contributed by atoms with van der Waals surface area (Å²) in [4.78, 5) is 15.0. The Morgan fingerprint density at radius 3 is 2.06 bits per heavy atom. The highest BCUT2D eigenvalue weighted by atomic mass is 16.1. The number of aryl methyl sites for hydroxylation is 1. The summed E-state index contributed by atoms with van der Waals surface area (Å²) in [6, 6.07) is 36.0. The van der Waals surface area contributed by atoms with E-state index >= 15 is 0 Å². The second-order valence-corrected chi connectivity index (χ2v) is 8.33. The highest BCUT2D eigenvalue weighted by molar-refractivity contribution is 5.94. The Bertz CT molecular complexity index is 1250. The van der Waals surface area contributed by atoms with Gasteiger partial charge in [0.2, 0.25) is 0 Å². The SMILES string of the molecule is Cc1cccc(C(=O)NCc2ccc(C#N)cc2N(Cc2ccccc2)Cc2ccccc2)c1. The average molecular weight is 446 g/mol. The summed E-state index contributed by atoms with van der Waals surface area (Å²) in [7, 11) is 0. The van der Waals surface area contributed by atoms with Gasteiger partial charge in [-0.05, 0) is 47.9 Å². The molecule has 0 saturated carbocycles. The number of carbonyl (C=O) groups excluding carboxylic acids is 1. The minimum atomic E-state index is -0.114. The third-order valence-electron chi connectivity index (χ3n) is 5.71. The van der Waals surface area contributed by atoms with Crippen LogP contribution in [0.1, 0.15) is 38.2 Å². The fourth-order valence-corrected chi connectivity index (χ4v) is 3.97. The molecule has 4 rings (SSSR count). The Morgan fingerprint density at radius 1 is 0.824 bits per heavy atom. The third kappa shape index (κ3) is 5.90. The summed E-state index contributed by atoms with van der Waals surface area (Å²) < 4.78 is 0. The maximum Gasteiger partial charge on any atom is 0.251 e. The first-order valence-electron chi connectivity index (χ1n) is 11.3. The monoisotopic (exact) mass is 445 g/mol. The molecule has 0 radical (unpaired) electrons. The topological polar surface area (TPSA) is 56.1 Å². The number of nitrogens with one attached hydrogen (secondary N) is 1. The minimum Gasteiger partial charge on any atom is -0.363 e. The molecule has 0 saturated heterocycles. The van der Waals surface area contributed by atoms with E-state index in [4.69, 9.17) is 0 Å². The molecule has 34 heavy (non-hydrogen) atoms. The van der Waals surface area contributed by atoms with E-state index in [1.54, 1.807) is 6.07 Å². The van der Waals surface area contributed by atoms with Crippen LogP contribution in [0.5, 0.6) is 0 Å². The Kier molecular flexibility index (Phi) is 7.37. The number of nitriles is 1. The van der Waals surface area contributed by atoms with E-state index in [1.807, 2.05) is 79.7 Å². The molecule has 0 atom stereocenters. The molecule has 0 bridgehead atoms. The maximum absolute atomic E-state index is 12.8. The first-order chi connectivity index (χ1) is 16.6. The Balaban J connectivity index is 1.65. The molecule has 0 aliphatic rings. The molecule has 0 fully saturated rings. The van der Waals surface area contributed by atoms with Crippen molar-refractivity contribution in [1.29, 1.82) is 5.26 Å². The first kappa shape index (κ1) is 22.8. The highest BCUT2D eigenvalue weighted by Crippen LogP contribution is 2.26. The van der Waals surface area contributed by atoms with Crippen molar-refractivity contribution >= 4 is 11.6 Å². The lowest BCUT2D eigenvalue weighted by atomic mass is 10.1. The molecule has 0 heterocycles. The van der Waals surface area contributed by atoms with Crippen LogP contribution in [0.25, 0.3) is 0 Å².